The van der Waals surface area contributed by atoms with Crippen LogP contribution in [0.1, 0.15) is 12.5 Å². The molecule has 3 atom stereocenters. The van der Waals surface area contributed by atoms with E-state index in [1.54, 1.807) is 0 Å². The Morgan fingerprint density at radius 2 is 1.84 bits per heavy atom. The zero-order chi connectivity index (χ0) is 13.5. The molecule has 19 heavy (non-hydrogen) atoms. The van der Waals surface area contributed by atoms with Gasteiger partial charge in [0, 0.05) is 5.92 Å². The zero-order valence-electron chi connectivity index (χ0n) is 11.0. The average molecular weight is 278 g/mol. The third kappa shape index (κ3) is 4.88. The maximum Gasteiger partial charge on any atom is 0.330 e. The predicted octanol–water partition coefficient (Wildman–Crippen LogP) is 3.82. The third-order valence-corrected chi connectivity index (χ3v) is 3.84. The fourth-order valence-electron chi connectivity index (χ4n) is 1.86. The minimum Gasteiger partial charge on any atom is -0.328 e. The Balaban J connectivity index is 1.69. The van der Waals surface area contributed by atoms with Crippen molar-refractivity contribution in [1.29, 1.82) is 0 Å². The van der Waals surface area contributed by atoms with Gasteiger partial charge in [0.1, 0.15) is 0 Å². The Kier molecular flexibility index (Phi) is 5.74. The summed E-state index contributed by atoms with van der Waals surface area (Å²) >= 11 is 0. The zero-order valence-corrected chi connectivity index (χ0v) is 11.9. The first-order valence-electron chi connectivity index (χ1n) is 6.39. The van der Waals surface area contributed by atoms with E-state index in [0.717, 1.165) is 5.56 Å². The first-order valence-corrected chi connectivity index (χ1v) is 7.52. The van der Waals surface area contributed by atoms with Gasteiger partial charge in [0.05, 0.1) is 13.2 Å². The van der Waals surface area contributed by atoms with Gasteiger partial charge >= 0.3 is 8.60 Å². The first-order chi connectivity index (χ1) is 9.25. The summed E-state index contributed by atoms with van der Waals surface area (Å²) in [7, 11) is -1.81. The standard InChI is InChI=1S/C15H19O3P/c1-13-7-5-6-10-15(13)12-18-19(16)17-11-14-8-3-2-4-9-14/h2-10,13,15-16H,11-12H2,1H3. The topological polar surface area (TPSA) is 38.7 Å². The molecule has 4 heteroatoms. The molecule has 0 aliphatic heterocycles. The van der Waals surface area contributed by atoms with Crippen LogP contribution in [-0.4, -0.2) is 11.5 Å². The Bertz CT molecular complexity index is 430. The lowest BCUT2D eigenvalue weighted by atomic mass is 9.91. The van der Waals surface area contributed by atoms with Gasteiger partial charge < -0.3 is 13.9 Å². The van der Waals surface area contributed by atoms with Crippen LogP contribution in [0, 0.1) is 11.8 Å². The summed E-state index contributed by atoms with van der Waals surface area (Å²) in [5.74, 6) is 0.741. The van der Waals surface area contributed by atoms with Gasteiger partial charge in [0.15, 0.2) is 0 Å². The average Bonchev–Trinajstić information content (AvgIpc) is 2.45. The van der Waals surface area contributed by atoms with Crippen molar-refractivity contribution >= 4 is 8.60 Å². The molecule has 1 aromatic carbocycles. The maximum absolute atomic E-state index is 9.71. The molecule has 1 aliphatic rings. The minimum atomic E-state index is -1.81. The summed E-state index contributed by atoms with van der Waals surface area (Å²) in [5, 5.41) is 0. The van der Waals surface area contributed by atoms with Crippen molar-refractivity contribution in [2.24, 2.45) is 11.8 Å². The minimum absolute atomic E-state index is 0.308. The fourth-order valence-corrected chi connectivity index (χ4v) is 2.50. The van der Waals surface area contributed by atoms with Crippen LogP contribution in [0.15, 0.2) is 54.6 Å². The van der Waals surface area contributed by atoms with Crippen LogP contribution in [0.4, 0.5) is 0 Å². The molecule has 3 nitrogen and oxygen atoms in total. The second-order valence-electron chi connectivity index (χ2n) is 4.59. The molecule has 0 saturated carbocycles. The molecule has 2 rings (SSSR count). The van der Waals surface area contributed by atoms with Crippen molar-refractivity contribution in [3.63, 3.8) is 0 Å². The molecule has 0 amide bonds. The van der Waals surface area contributed by atoms with Gasteiger partial charge in [0.25, 0.3) is 0 Å². The van der Waals surface area contributed by atoms with E-state index in [0.29, 0.717) is 25.0 Å². The smallest absolute Gasteiger partial charge is 0.328 e. The summed E-state index contributed by atoms with van der Waals surface area (Å²) in [6.07, 6.45) is 8.29. The van der Waals surface area contributed by atoms with E-state index in [1.165, 1.54) is 0 Å². The number of rotatable bonds is 6. The Labute approximate surface area is 115 Å². The molecule has 1 aromatic rings. The number of hydrogen-bond acceptors (Lipinski definition) is 3. The van der Waals surface area contributed by atoms with Crippen LogP contribution < -0.4 is 0 Å². The van der Waals surface area contributed by atoms with Crippen molar-refractivity contribution in [2.45, 2.75) is 13.5 Å². The third-order valence-electron chi connectivity index (χ3n) is 3.12. The summed E-state index contributed by atoms with van der Waals surface area (Å²) in [4.78, 5) is 9.71. The molecule has 0 radical (unpaired) electrons. The molecule has 3 unspecified atom stereocenters. The lowest BCUT2D eigenvalue weighted by molar-refractivity contribution is 0.171. The van der Waals surface area contributed by atoms with Gasteiger partial charge in [-0.15, -0.1) is 0 Å². The van der Waals surface area contributed by atoms with Crippen LogP contribution in [0.2, 0.25) is 0 Å². The number of benzene rings is 1. The van der Waals surface area contributed by atoms with E-state index in [2.05, 4.69) is 19.1 Å². The van der Waals surface area contributed by atoms with E-state index in [4.69, 9.17) is 9.05 Å². The quantitative estimate of drug-likeness (QED) is 0.804. The van der Waals surface area contributed by atoms with Crippen LogP contribution in [0.25, 0.3) is 0 Å². The SMILES string of the molecule is CC1C=CC=CC1COP(O)OCc1ccccc1. The van der Waals surface area contributed by atoms with Crippen molar-refractivity contribution in [3.8, 4) is 0 Å². The Morgan fingerprint density at radius 1 is 1.11 bits per heavy atom. The van der Waals surface area contributed by atoms with Crippen molar-refractivity contribution in [2.75, 3.05) is 6.61 Å². The van der Waals surface area contributed by atoms with E-state index in [9.17, 15) is 4.89 Å². The van der Waals surface area contributed by atoms with Gasteiger partial charge in [-0.05, 0) is 11.5 Å². The molecule has 102 valence electrons. The summed E-state index contributed by atoms with van der Waals surface area (Å²) in [6.45, 7) is 3.00. The van der Waals surface area contributed by atoms with E-state index in [-0.39, 0.29) is 0 Å². The number of hydrogen-bond donors (Lipinski definition) is 1. The van der Waals surface area contributed by atoms with Gasteiger partial charge in [-0.2, -0.15) is 0 Å². The Hall–Kier alpha value is -0.990. The second-order valence-corrected chi connectivity index (χ2v) is 5.58. The fraction of sp³-hybridized carbons (Fsp3) is 0.333. The van der Waals surface area contributed by atoms with Gasteiger partial charge in [-0.3, -0.25) is 0 Å². The molecule has 1 aliphatic carbocycles. The van der Waals surface area contributed by atoms with E-state index >= 15 is 0 Å². The van der Waals surface area contributed by atoms with Crippen molar-refractivity contribution < 1.29 is 13.9 Å². The number of allylic oxidation sites excluding steroid dienone is 3. The van der Waals surface area contributed by atoms with Crippen LogP contribution in [0.3, 0.4) is 0 Å². The normalized spacial score (nSPS) is 23.5. The highest BCUT2D eigenvalue weighted by atomic mass is 31.2. The largest absolute Gasteiger partial charge is 0.330 e. The Morgan fingerprint density at radius 3 is 2.58 bits per heavy atom. The van der Waals surface area contributed by atoms with Gasteiger partial charge in [-0.25, -0.2) is 0 Å². The highest BCUT2D eigenvalue weighted by molar-refractivity contribution is 7.40. The van der Waals surface area contributed by atoms with E-state index < -0.39 is 8.60 Å². The second kappa shape index (κ2) is 7.56. The highest BCUT2D eigenvalue weighted by Crippen LogP contribution is 2.35. The molecular formula is C15H19O3P. The van der Waals surface area contributed by atoms with Gasteiger partial charge in [-0.1, -0.05) is 61.6 Å². The molecular weight excluding hydrogens is 259 g/mol. The molecule has 0 saturated heterocycles. The van der Waals surface area contributed by atoms with E-state index in [1.807, 2.05) is 42.5 Å². The molecule has 0 heterocycles. The lowest BCUT2D eigenvalue weighted by Crippen LogP contribution is -2.14. The predicted molar refractivity (Wildman–Crippen MR) is 77.3 cm³/mol. The van der Waals surface area contributed by atoms with Gasteiger partial charge in [0.2, 0.25) is 0 Å². The van der Waals surface area contributed by atoms with Crippen molar-refractivity contribution in [1.82, 2.24) is 0 Å². The lowest BCUT2D eigenvalue weighted by Gasteiger charge is -2.21. The molecule has 1 N–H and O–H groups in total. The maximum atomic E-state index is 9.71. The van der Waals surface area contributed by atoms with Crippen LogP contribution in [-0.2, 0) is 15.7 Å². The monoisotopic (exact) mass is 278 g/mol. The molecule has 0 bridgehead atoms. The first kappa shape index (κ1) is 14.4. The highest BCUT2D eigenvalue weighted by Gasteiger charge is 2.17. The summed E-state index contributed by atoms with van der Waals surface area (Å²) < 4.78 is 10.7. The van der Waals surface area contributed by atoms with Crippen molar-refractivity contribution in [3.05, 3.63) is 60.2 Å². The van der Waals surface area contributed by atoms with Crippen LogP contribution >= 0.6 is 8.60 Å². The summed E-state index contributed by atoms with van der Waals surface area (Å²) in [5.41, 5.74) is 1.03. The molecule has 0 aromatic heterocycles. The van der Waals surface area contributed by atoms with Crippen LogP contribution in [0.5, 0.6) is 0 Å². The molecule has 0 fully saturated rings. The summed E-state index contributed by atoms with van der Waals surface area (Å²) in [6, 6.07) is 9.76. The molecule has 0 spiro atoms.